The van der Waals surface area contributed by atoms with Gasteiger partial charge in [-0.25, -0.2) is 0 Å². The van der Waals surface area contributed by atoms with Crippen LogP contribution in [-0.2, 0) is 0 Å². The molecule has 0 N–H and O–H groups in total. The molecule has 1 nitrogen and oxygen atoms in total. The van der Waals surface area contributed by atoms with Gasteiger partial charge >= 0.3 is 0 Å². The summed E-state index contributed by atoms with van der Waals surface area (Å²) in [5, 5.41) is 0. The number of benzene rings is 1. The van der Waals surface area contributed by atoms with E-state index < -0.39 is 0 Å². The Morgan fingerprint density at radius 3 is 2.53 bits per heavy atom. The van der Waals surface area contributed by atoms with Crippen LogP contribution in [0.4, 0.5) is 0 Å². The van der Waals surface area contributed by atoms with Gasteiger partial charge in [0.2, 0.25) is 0 Å². The molecule has 1 radical (unpaired) electrons. The minimum absolute atomic E-state index is 0.418. The maximum atomic E-state index is 5.62. The number of alkyl halides is 2. The molecule has 0 saturated heterocycles. The Bertz CT molecular complexity index is 262. The maximum absolute atomic E-state index is 5.62. The van der Waals surface area contributed by atoms with Crippen molar-refractivity contribution in [3.63, 3.8) is 0 Å². The zero-order valence-corrected chi connectivity index (χ0v) is 11.9. The van der Waals surface area contributed by atoms with Gasteiger partial charge in [0, 0.05) is 9.65 Å². The lowest BCUT2D eigenvalue weighted by Gasteiger charge is -2.12. The Hall–Kier alpha value is -0.0200. The molecule has 0 fully saturated rings. The largest absolute Gasteiger partial charge is 0.492 e. The fourth-order valence-electron chi connectivity index (χ4n) is 1.15. The molecule has 0 heterocycles. The fourth-order valence-corrected chi connectivity index (χ4v) is 1.81. The van der Waals surface area contributed by atoms with E-state index in [2.05, 4.69) is 44.8 Å². The molecule has 0 aromatic heterocycles. The van der Waals surface area contributed by atoms with Crippen LogP contribution < -0.4 is 4.74 Å². The highest BCUT2D eigenvalue weighted by molar-refractivity contribution is 9.09. The average molecular weight is 335 g/mol. The Balaban J connectivity index is 2.19. The predicted molar refractivity (Wildman–Crippen MR) is 71.1 cm³/mol. The molecular weight excluding hydrogens is 320 g/mol. The van der Waals surface area contributed by atoms with Gasteiger partial charge in [0.25, 0.3) is 0 Å². The van der Waals surface area contributed by atoms with Crippen molar-refractivity contribution >= 4 is 31.9 Å². The molecule has 0 amide bonds. The van der Waals surface area contributed by atoms with Gasteiger partial charge in [-0.05, 0) is 31.0 Å². The van der Waals surface area contributed by atoms with Crippen molar-refractivity contribution in [3.05, 3.63) is 30.3 Å². The summed E-state index contributed by atoms with van der Waals surface area (Å²) in [6, 6.07) is 10.5. The van der Waals surface area contributed by atoms with E-state index in [0.29, 0.717) is 16.3 Å². The minimum Gasteiger partial charge on any atom is -0.492 e. The topological polar surface area (TPSA) is 9.23 Å². The second-order valence-electron chi connectivity index (χ2n) is 3.50. The highest BCUT2D eigenvalue weighted by Gasteiger charge is 2.06. The first-order chi connectivity index (χ1) is 7.18. The maximum Gasteiger partial charge on any atom is 0.119 e. The summed E-state index contributed by atoms with van der Waals surface area (Å²) < 4.78 is 5.62. The highest BCUT2D eigenvalue weighted by atomic mass is 79.9. The number of rotatable bonds is 6. The molecule has 0 aliphatic heterocycles. The fraction of sp³-hybridized carbons (Fsp3) is 0.500. The molecular formula is C12H15Br2O. The highest BCUT2D eigenvalue weighted by Crippen LogP contribution is 2.16. The lowest BCUT2D eigenvalue weighted by atomic mass is 10.2. The van der Waals surface area contributed by atoms with Crippen molar-refractivity contribution < 1.29 is 4.74 Å². The first kappa shape index (κ1) is 13.0. The summed E-state index contributed by atoms with van der Waals surface area (Å²) in [7, 11) is 0. The van der Waals surface area contributed by atoms with Gasteiger partial charge in [0.15, 0.2) is 0 Å². The van der Waals surface area contributed by atoms with E-state index in [1.807, 2.05) is 24.3 Å². The minimum atomic E-state index is 0.418. The zero-order valence-electron chi connectivity index (χ0n) is 8.75. The Morgan fingerprint density at radius 2 is 1.93 bits per heavy atom. The monoisotopic (exact) mass is 333 g/mol. The molecule has 2 atom stereocenters. The molecule has 0 aliphatic carbocycles. The van der Waals surface area contributed by atoms with Crippen molar-refractivity contribution in [1.29, 1.82) is 0 Å². The lowest BCUT2D eigenvalue weighted by Crippen LogP contribution is -2.12. The molecule has 0 aliphatic rings. The van der Waals surface area contributed by atoms with Crippen LogP contribution in [0.1, 0.15) is 19.8 Å². The van der Waals surface area contributed by atoms with Gasteiger partial charge < -0.3 is 4.74 Å². The van der Waals surface area contributed by atoms with Crippen molar-refractivity contribution in [2.45, 2.75) is 29.4 Å². The van der Waals surface area contributed by atoms with Crippen molar-refractivity contribution in [2.24, 2.45) is 0 Å². The third-order valence-electron chi connectivity index (χ3n) is 2.00. The van der Waals surface area contributed by atoms with E-state index >= 15 is 0 Å². The SMILES string of the molecule is CC(Br)CCC(Br)COc1cc[c]cc1. The van der Waals surface area contributed by atoms with Gasteiger partial charge in [-0.1, -0.05) is 50.9 Å². The van der Waals surface area contributed by atoms with Crippen LogP contribution in [0.3, 0.4) is 0 Å². The Labute approximate surface area is 108 Å². The molecule has 0 saturated carbocycles. The summed E-state index contributed by atoms with van der Waals surface area (Å²) in [6.07, 6.45) is 2.27. The summed E-state index contributed by atoms with van der Waals surface area (Å²) in [5.41, 5.74) is 0. The number of ether oxygens (including phenoxy) is 1. The lowest BCUT2D eigenvalue weighted by molar-refractivity contribution is 0.313. The third-order valence-corrected chi connectivity index (χ3v) is 3.18. The molecule has 0 spiro atoms. The smallest absolute Gasteiger partial charge is 0.119 e. The van der Waals surface area contributed by atoms with Crippen LogP contribution in [0.15, 0.2) is 24.3 Å². The zero-order chi connectivity index (χ0) is 11.1. The van der Waals surface area contributed by atoms with Crippen LogP contribution in [0.5, 0.6) is 5.75 Å². The van der Waals surface area contributed by atoms with Gasteiger partial charge in [0.05, 0.1) is 0 Å². The van der Waals surface area contributed by atoms with Gasteiger partial charge in [-0.2, -0.15) is 0 Å². The van der Waals surface area contributed by atoms with Gasteiger partial charge in [-0.3, -0.25) is 0 Å². The van der Waals surface area contributed by atoms with Crippen LogP contribution in [-0.4, -0.2) is 16.3 Å². The van der Waals surface area contributed by atoms with Crippen LogP contribution in [0, 0.1) is 6.07 Å². The number of halogens is 2. The molecule has 3 heteroatoms. The summed E-state index contributed by atoms with van der Waals surface area (Å²) in [5.74, 6) is 0.907. The predicted octanol–water partition coefficient (Wildman–Crippen LogP) is 4.19. The molecule has 1 aromatic carbocycles. The summed E-state index contributed by atoms with van der Waals surface area (Å²) in [4.78, 5) is 0.991. The molecule has 1 rings (SSSR count). The first-order valence-corrected chi connectivity index (χ1v) is 6.88. The summed E-state index contributed by atoms with van der Waals surface area (Å²) in [6.45, 7) is 2.87. The van der Waals surface area contributed by atoms with Crippen LogP contribution in [0.2, 0.25) is 0 Å². The third kappa shape index (κ3) is 6.21. The van der Waals surface area contributed by atoms with E-state index in [4.69, 9.17) is 4.74 Å². The van der Waals surface area contributed by atoms with Gasteiger partial charge in [0.1, 0.15) is 12.4 Å². The van der Waals surface area contributed by atoms with E-state index in [9.17, 15) is 0 Å². The number of hydrogen-bond donors (Lipinski definition) is 0. The summed E-state index contributed by atoms with van der Waals surface area (Å²) >= 11 is 7.14. The second-order valence-corrected chi connectivity index (χ2v) is 6.36. The second kappa shape index (κ2) is 7.29. The molecule has 0 bridgehead atoms. The van der Waals surface area contributed by atoms with Crippen molar-refractivity contribution in [2.75, 3.05) is 6.61 Å². The van der Waals surface area contributed by atoms with Crippen LogP contribution in [0.25, 0.3) is 0 Å². The van der Waals surface area contributed by atoms with E-state index in [0.717, 1.165) is 18.6 Å². The number of hydrogen-bond acceptors (Lipinski definition) is 1. The van der Waals surface area contributed by atoms with E-state index in [1.54, 1.807) is 0 Å². The molecule has 1 aromatic rings. The van der Waals surface area contributed by atoms with Crippen molar-refractivity contribution in [3.8, 4) is 5.75 Å². The Kier molecular flexibility index (Phi) is 6.34. The average Bonchev–Trinajstić information content (AvgIpc) is 2.25. The van der Waals surface area contributed by atoms with Crippen LogP contribution >= 0.6 is 31.9 Å². The first-order valence-electron chi connectivity index (χ1n) is 5.05. The molecule has 2 unspecified atom stereocenters. The Morgan fingerprint density at radius 1 is 1.27 bits per heavy atom. The standard InChI is InChI=1S/C12H15Br2O/c1-10(13)7-8-11(14)9-15-12-5-3-2-4-6-12/h3-6,10-11H,7-9H2,1H3. The van der Waals surface area contributed by atoms with Crippen molar-refractivity contribution in [1.82, 2.24) is 0 Å². The molecule has 83 valence electrons. The van der Waals surface area contributed by atoms with Gasteiger partial charge in [-0.15, -0.1) is 0 Å². The normalized spacial score (nSPS) is 14.6. The van der Waals surface area contributed by atoms with E-state index in [-0.39, 0.29) is 0 Å². The quantitative estimate of drug-likeness (QED) is 0.709. The van der Waals surface area contributed by atoms with E-state index in [1.165, 1.54) is 0 Å². The molecule has 15 heavy (non-hydrogen) atoms.